The molecule has 2 aromatic carbocycles. The van der Waals surface area contributed by atoms with Gasteiger partial charge in [0.25, 0.3) is 0 Å². The fraction of sp³-hybridized carbons (Fsp3) is 0.500. The zero-order chi connectivity index (χ0) is 25.7. The number of ether oxygens (including phenoxy) is 4. The summed E-state index contributed by atoms with van der Waals surface area (Å²) in [6.07, 6.45) is 3.13. The monoisotopic (exact) mass is 496 g/mol. The number of nitrogens with zero attached hydrogens (tertiary/aromatic N) is 2. The highest BCUT2D eigenvalue weighted by molar-refractivity contribution is 5.66. The van der Waals surface area contributed by atoms with Crippen molar-refractivity contribution in [3.8, 4) is 28.7 Å². The number of aromatic hydroxyl groups is 1. The lowest BCUT2D eigenvalue weighted by Crippen LogP contribution is -2.50. The maximum atomic E-state index is 11.4. The Balaban J connectivity index is 1.73. The lowest BCUT2D eigenvalue weighted by atomic mass is 9.81. The lowest BCUT2D eigenvalue weighted by molar-refractivity contribution is 0.0317. The van der Waals surface area contributed by atoms with Crippen molar-refractivity contribution in [1.29, 1.82) is 0 Å². The minimum atomic E-state index is -0.303. The van der Waals surface area contributed by atoms with Gasteiger partial charge in [-0.1, -0.05) is 18.7 Å². The molecule has 194 valence electrons. The molecule has 3 atom stereocenters. The van der Waals surface area contributed by atoms with Crippen LogP contribution in [0.5, 0.6) is 28.7 Å². The molecule has 5 rings (SSSR count). The third-order valence-corrected chi connectivity index (χ3v) is 7.85. The molecule has 8 nitrogen and oxygen atoms in total. The Morgan fingerprint density at radius 2 is 1.94 bits per heavy atom. The number of hydrogen-bond donors (Lipinski definition) is 2. The van der Waals surface area contributed by atoms with Crippen LogP contribution in [0.1, 0.15) is 45.5 Å². The molecular weight excluding hydrogens is 460 g/mol. The number of fused-ring (bicyclic) bond motifs is 5. The molecule has 0 aromatic heterocycles. The van der Waals surface area contributed by atoms with Crippen LogP contribution in [0, 0.1) is 13.8 Å². The first kappa shape index (κ1) is 24.7. The summed E-state index contributed by atoms with van der Waals surface area (Å²) in [5.74, 6) is 2.86. The fourth-order valence-electron chi connectivity index (χ4n) is 6.48. The SMILES string of the molecule is C=CCOc1c(C)c2c(c3c1CC1[C@H](N(C)C)c4c(cc(C)c(OC)c4O)CCN1[C@H]3CO)OCO2. The first-order chi connectivity index (χ1) is 17.3. The predicted octanol–water partition coefficient (Wildman–Crippen LogP) is 3.43. The third kappa shape index (κ3) is 3.62. The Hall–Kier alpha value is -2.94. The van der Waals surface area contributed by atoms with Gasteiger partial charge in [0.2, 0.25) is 6.79 Å². The van der Waals surface area contributed by atoms with Gasteiger partial charge in [0.15, 0.2) is 23.0 Å². The maximum Gasteiger partial charge on any atom is 0.231 e. The summed E-state index contributed by atoms with van der Waals surface area (Å²) in [5.41, 5.74) is 5.75. The van der Waals surface area contributed by atoms with E-state index in [0.29, 0.717) is 30.3 Å². The zero-order valence-corrected chi connectivity index (χ0v) is 21.8. The van der Waals surface area contributed by atoms with Gasteiger partial charge in [-0.15, -0.1) is 0 Å². The van der Waals surface area contributed by atoms with Crippen LogP contribution in [0.3, 0.4) is 0 Å². The van der Waals surface area contributed by atoms with Crippen LogP contribution in [0.4, 0.5) is 0 Å². The second-order valence-corrected chi connectivity index (χ2v) is 10.0. The van der Waals surface area contributed by atoms with Crippen LogP contribution in [-0.4, -0.2) is 73.8 Å². The van der Waals surface area contributed by atoms with Gasteiger partial charge in [0.1, 0.15) is 12.4 Å². The Bertz CT molecular complexity index is 1190. The van der Waals surface area contributed by atoms with Gasteiger partial charge in [-0.2, -0.15) is 0 Å². The molecule has 2 aromatic rings. The summed E-state index contributed by atoms with van der Waals surface area (Å²) in [7, 11) is 5.66. The Morgan fingerprint density at radius 3 is 2.61 bits per heavy atom. The summed E-state index contributed by atoms with van der Waals surface area (Å²) < 4.78 is 23.6. The quantitative estimate of drug-likeness (QED) is 0.589. The van der Waals surface area contributed by atoms with Gasteiger partial charge < -0.3 is 34.1 Å². The lowest BCUT2D eigenvalue weighted by Gasteiger charge is -2.47. The molecule has 3 aliphatic heterocycles. The van der Waals surface area contributed by atoms with Crippen molar-refractivity contribution in [2.75, 3.05) is 47.8 Å². The smallest absolute Gasteiger partial charge is 0.231 e. The van der Waals surface area contributed by atoms with E-state index in [1.807, 2.05) is 27.9 Å². The number of likely N-dealkylation sites (N-methyl/N-ethyl adjacent to an activating group) is 1. The molecule has 0 fully saturated rings. The molecule has 0 aliphatic carbocycles. The highest BCUT2D eigenvalue weighted by atomic mass is 16.7. The number of aliphatic hydroxyl groups excluding tert-OH is 1. The van der Waals surface area contributed by atoms with Crippen LogP contribution in [0.2, 0.25) is 0 Å². The van der Waals surface area contributed by atoms with Crippen molar-refractivity contribution in [2.45, 2.75) is 44.8 Å². The molecule has 3 aliphatic rings. The van der Waals surface area contributed by atoms with Gasteiger partial charge in [0, 0.05) is 34.8 Å². The molecule has 0 saturated heterocycles. The van der Waals surface area contributed by atoms with Gasteiger partial charge >= 0.3 is 0 Å². The first-order valence-corrected chi connectivity index (χ1v) is 12.4. The van der Waals surface area contributed by atoms with E-state index in [-0.39, 0.29) is 37.3 Å². The summed E-state index contributed by atoms with van der Waals surface area (Å²) in [6.45, 7) is 8.92. The minimum absolute atomic E-state index is 0.0323. The summed E-state index contributed by atoms with van der Waals surface area (Å²) in [5, 5.41) is 22.2. The van der Waals surface area contributed by atoms with E-state index in [0.717, 1.165) is 52.1 Å². The molecule has 0 radical (unpaired) electrons. The molecule has 0 bridgehead atoms. The summed E-state index contributed by atoms with van der Waals surface area (Å²) in [6, 6.07) is 1.65. The number of phenols is 1. The first-order valence-electron chi connectivity index (χ1n) is 12.4. The number of benzene rings is 2. The van der Waals surface area contributed by atoms with Gasteiger partial charge in [0.05, 0.1) is 25.8 Å². The van der Waals surface area contributed by atoms with E-state index in [1.165, 1.54) is 0 Å². The Morgan fingerprint density at radius 1 is 1.19 bits per heavy atom. The standard InChI is InChI=1S/C28H36N2O6/c1-7-10-34-26-16(3)27-28(36-14-35-27)22-18(26)12-19-23(29(4)5)21-17(8-9-30(19)20(22)13-31)11-15(2)25(33-6)24(21)32/h7,11,19-20,23,31-32H,1,8-10,12-14H2,2-6H3/t19?,20-,23-/m0/s1. The molecule has 1 unspecified atom stereocenters. The van der Waals surface area contributed by atoms with Crippen molar-refractivity contribution in [3.63, 3.8) is 0 Å². The van der Waals surface area contributed by atoms with Crippen LogP contribution in [0.25, 0.3) is 0 Å². The van der Waals surface area contributed by atoms with Crippen molar-refractivity contribution in [2.24, 2.45) is 0 Å². The second-order valence-electron chi connectivity index (χ2n) is 10.0. The molecule has 3 heterocycles. The number of rotatable bonds is 6. The van der Waals surface area contributed by atoms with E-state index in [1.54, 1.807) is 13.2 Å². The summed E-state index contributed by atoms with van der Waals surface area (Å²) >= 11 is 0. The third-order valence-electron chi connectivity index (χ3n) is 7.85. The van der Waals surface area contributed by atoms with Crippen LogP contribution in [-0.2, 0) is 12.8 Å². The maximum absolute atomic E-state index is 11.4. The van der Waals surface area contributed by atoms with E-state index in [2.05, 4.69) is 22.4 Å². The number of aliphatic hydroxyl groups is 1. The molecule has 2 N–H and O–H groups in total. The highest BCUT2D eigenvalue weighted by Gasteiger charge is 2.47. The van der Waals surface area contributed by atoms with E-state index in [4.69, 9.17) is 18.9 Å². The topological polar surface area (TPSA) is 83.9 Å². The predicted molar refractivity (Wildman–Crippen MR) is 137 cm³/mol. The van der Waals surface area contributed by atoms with Crippen molar-refractivity contribution in [3.05, 3.63) is 52.1 Å². The van der Waals surface area contributed by atoms with Crippen molar-refractivity contribution < 1.29 is 29.2 Å². The Labute approximate surface area is 212 Å². The zero-order valence-electron chi connectivity index (χ0n) is 21.8. The van der Waals surface area contributed by atoms with Gasteiger partial charge in [-0.3, -0.25) is 4.90 Å². The number of methoxy groups -OCH3 is 1. The summed E-state index contributed by atoms with van der Waals surface area (Å²) in [4.78, 5) is 4.52. The van der Waals surface area contributed by atoms with Crippen molar-refractivity contribution in [1.82, 2.24) is 9.80 Å². The van der Waals surface area contributed by atoms with Crippen molar-refractivity contribution >= 4 is 0 Å². The van der Waals surface area contributed by atoms with E-state index in [9.17, 15) is 10.2 Å². The van der Waals surface area contributed by atoms with E-state index >= 15 is 0 Å². The number of hydrogen-bond acceptors (Lipinski definition) is 8. The molecule has 0 amide bonds. The van der Waals surface area contributed by atoms with Crippen LogP contribution >= 0.6 is 0 Å². The normalized spacial score (nSPS) is 22.5. The second kappa shape index (κ2) is 9.50. The fourth-order valence-corrected chi connectivity index (χ4v) is 6.48. The van der Waals surface area contributed by atoms with Gasteiger partial charge in [-0.25, -0.2) is 0 Å². The molecule has 8 heteroatoms. The average Bonchev–Trinajstić information content (AvgIpc) is 3.28. The Kier molecular flexibility index (Phi) is 6.53. The van der Waals surface area contributed by atoms with Crippen LogP contribution < -0.4 is 18.9 Å². The van der Waals surface area contributed by atoms with Crippen LogP contribution in [0.15, 0.2) is 18.7 Å². The molecule has 36 heavy (non-hydrogen) atoms. The highest BCUT2D eigenvalue weighted by Crippen LogP contribution is 2.55. The molecule has 0 spiro atoms. The average molecular weight is 497 g/mol. The molecule has 0 saturated carbocycles. The number of aryl methyl sites for hydroxylation is 1. The number of phenolic OH excluding ortho intramolecular Hbond substituents is 1. The van der Waals surface area contributed by atoms with Gasteiger partial charge in [-0.05, 0) is 51.9 Å². The largest absolute Gasteiger partial charge is 0.504 e. The molecular formula is C28H36N2O6. The van der Waals surface area contributed by atoms with E-state index < -0.39 is 0 Å². The minimum Gasteiger partial charge on any atom is -0.504 e.